The van der Waals surface area contributed by atoms with Crippen molar-refractivity contribution in [2.24, 2.45) is 0 Å². The van der Waals surface area contributed by atoms with Crippen LogP contribution in [0.4, 0.5) is 0 Å². The van der Waals surface area contributed by atoms with Gasteiger partial charge in [-0.3, -0.25) is 0 Å². The van der Waals surface area contributed by atoms with Gasteiger partial charge in [-0.2, -0.15) is 4.98 Å². The summed E-state index contributed by atoms with van der Waals surface area (Å²) >= 11 is 2.00. The summed E-state index contributed by atoms with van der Waals surface area (Å²) in [6.45, 7) is 0. The van der Waals surface area contributed by atoms with Crippen LogP contribution in [0, 0.1) is 3.83 Å². The number of ether oxygens (including phenoxy) is 1. The Kier molecular flexibility index (Phi) is 3.32. The van der Waals surface area contributed by atoms with E-state index in [0.29, 0.717) is 9.72 Å². The predicted molar refractivity (Wildman–Crippen MR) is 62.3 cm³/mol. The smallest absolute Gasteiger partial charge is 0.261 e. The largest absolute Gasteiger partial charge is 0.367 e. The second kappa shape index (κ2) is 4.71. The molecule has 0 saturated carbocycles. The van der Waals surface area contributed by atoms with E-state index in [2.05, 4.69) is 10.1 Å². The van der Waals surface area contributed by atoms with Crippen molar-refractivity contribution in [2.75, 3.05) is 7.11 Å². The molecule has 0 radical (unpaired) electrons. The first-order valence-electron chi connectivity index (χ1n) is 4.38. The Balaban J connectivity index is 2.33. The van der Waals surface area contributed by atoms with Crippen LogP contribution in [0.25, 0.3) is 0 Å². The van der Waals surface area contributed by atoms with E-state index in [0.717, 1.165) is 5.56 Å². The van der Waals surface area contributed by atoms with E-state index in [1.54, 1.807) is 7.11 Å². The summed E-state index contributed by atoms with van der Waals surface area (Å²) in [6, 6.07) is 9.77. The summed E-state index contributed by atoms with van der Waals surface area (Å²) in [5, 5.41) is 3.73. The van der Waals surface area contributed by atoms with Crippen molar-refractivity contribution in [3.05, 3.63) is 45.6 Å². The third-order valence-corrected chi connectivity index (χ3v) is 2.42. The molecule has 1 unspecified atom stereocenters. The molecule has 1 aromatic heterocycles. The molecule has 5 heteroatoms. The van der Waals surface area contributed by atoms with Crippen LogP contribution in [-0.2, 0) is 4.74 Å². The van der Waals surface area contributed by atoms with Gasteiger partial charge in [-0.05, 0) is 5.56 Å². The molecule has 0 amide bonds. The number of benzene rings is 1. The van der Waals surface area contributed by atoms with Crippen LogP contribution in [0.1, 0.15) is 17.6 Å². The fourth-order valence-corrected chi connectivity index (χ4v) is 1.67. The molecule has 0 fully saturated rings. The fraction of sp³-hybridized carbons (Fsp3) is 0.200. The summed E-state index contributed by atoms with van der Waals surface area (Å²) in [6.07, 6.45) is -0.290. The van der Waals surface area contributed by atoms with Crippen LogP contribution in [0.5, 0.6) is 0 Å². The quantitative estimate of drug-likeness (QED) is 0.816. The van der Waals surface area contributed by atoms with Crippen molar-refractivity contribution in [2.45, 2.75) is 6.10 Å². The predicted octanol–water partition coefficient (Wildman–Crippen LogP) is 2.41. The molecule has 2 rings (SSSR count). The lowest BCUT2D eigenvalue weighted by Gasteiger charge is -2.10. The zero-order valence-corrected chi connectivity index (χ0v) is 10.2. The number of halogens is 1. The number of methoxy groups -OCH3 is 1. The monoisotopic (exact) mass is 316 g/mol. The normalized spacial score (nSPS) is 12.7. The van der Waals surface area contributed by atoms with E-state index in [1.807, 2.05) is 52.9 Å². The first kappa shape index (κ1) is 10.6. The molecule has 15 heavy (non-hydrogen) atoms. The lowest BCUT2D eigenvalue weighted by molar-refractivity contribution is 0.105. The second-order valence-electron chi connectivity index (χ2n) is 2.93. The maximum atomic E-state index is 5.34. The molecule has 2 aromatic rings. The van der Waals surface area contributed by atoms with Crippen LogP contribution in [0.2, 0.25) is 0 Å². The van der Waals surface area contributed by atoms with Crippen molar-refractivity contribution in [3.63, 3.8) is 0 Å². The Morgan fingerprint density at radius 2 is 2.07 bits per heavy atom. The van der Waals surface area contributed by atoms with Crippen molar-refractivity contribution in [3.8, 4) is 0 Å². The standard InChI is InChI=1S/C10H9IN2O2/c1-14-8(7-5-3-2-4-6-7)9-12-10(11)13-15-9/h2-6,8H,1H3. The first-order valence-corrected chi connectivity index (χ1v) is 5.46. The average Bonchev–Trinajstić information content (AvgIpc) is 2.68. The second-order valence-corrected chi connectivity index (χ2v) is 3.89. The molecule has 0 aliphatic rings. The van der Waals surface area contributed by atoms with Gasteiger partial charge in [0.25, 0.3) is 5.89 Å². The van der Waals surface area contributed by atoms with Crippen LogP contribution in [0.3, 0.4) is 0 Å². The van der Waals surface area contributed by atoms with E-state index >= 15 is 0 Å². The Bertz CT molecular complexity index is 430. The third kappa shape index (κ3) is 2.35. The van der Waals surface area contributed by atoms with Gasteiger partial charge in [0.05, 0.1) is 0 Å². The molecule has 1 atom stereocenters. The summed E-state index contributed by atoms with van der Waals surface area (Å²) < 4.78 is 11.0. The molecular weight excluding hydrogens is 307 g/mol. The van der Waals surface area contributed by atoms with E-state index in [1.165, 1.54) is 0 Å². The number of aromatic nitrogens is 2. The first-order chi connectivity index (χ1) is 7.31. The minimum Gasteiger partial charge on any atom is -0.367 e. The molecule has 0 spiro atoms. The van der Waals surface area contributed by atoms with Gasteiger partial charge in [0.15, 0.2) is 6.10 Å². The highest BCUT2D eigenvalue weighted by Crippen LogP contribution is 2.23. The zero-order chi connectivity index (χ0) is 10.7. The number of rotatable bonds is 3. The minimum atomic E-state index is -0.290. The van der Waals surface area contributed by atoms with Gasteiger partial charge in [-0.25, -0.2) is 0 Å². The summed E-state index contributed by atoms with van der Waals surface area (Å²) in [5.41, 5.74) is 1.00. The molecule has 78 valence electrons. The Morgan fingerprint density at radius 3 is 2.60 bits per heavy atom. The van der Waals surface area contributed by atoms with Crippen molar-refractivity contribution in [1.29, 1.82) is 0 Å². The lowest BCUT2D eigenvalue weighted by atomic mass is 10.1. The zero-order valence-electron chi connectivity index (χ0n) is 8.05. The summed E-state index contributed by atoms with van der Waals surface area (Å²) in [5.74, 6) is 0.480. The molecular formula is C10H9IN2O2. The van der Waals surface area contributed by atoms with Gasteiger partial charge >= 0.3 is 0 Å². The van der Waals surface area contributed by atoms with E-state index in [4.69, 9.17) is 9.26 Å². The van der Waals surface area contributed by atoms with E-state index in [-0.39, 0.29) is 6.10 Å². The third-order valence-electron chi connectivity index (χ3n) is 1.98. The highest BCUT2D eigenvalue weighted by Gasteiger charge is 2.19. The topological polar surface area (TPSA) is 48.2 Å². The molecule has 1 heterocycles. The lowest BCUT2D eigenvalue weighted by Crippen LogP contribution is -2.03. The highest BCUT2D eigenvalue weighted by atomic mass is 127. The van der Waals surface area contributed by atoms with E-state index < -0.39 is 0 Å². The van der Waals surface area contributed by atoms with Crippen LogP contribution in [-0.4, -0.2) is 17.3 Å². The molecule has 0 N–H and O–H groups in total. The average molecular weight is 316 g/mol. The molecule has 1 aromatic carbocycles. The highest BCUT2D eigenvalue weighted by molar-refractivity contribution is 14.1. The molecule has 0 aliphatic carbocycles. The maximum Gasteiger partial charge on any atom is 0.261 e. The van der Waals surface area contributed by atoms with Crippen LogP contribution >= 0.6 is 22.6 Å². The minimum absolute atomic E-state index is 0.290. The molecule has 0 saturated heterocycles. The van der Waals surface area contributed by atoms with Crippen LogP contribution < -0.4 is 0 Å². The fourth-order valence-electron chi connectivity index (χ4n) is 1.33. The van der Waals surface area contributed by atoms with Gasteiger partial charge in [-0.15, -0.1) is 0 Å². The SMILES string of the molecule is COC(c1ccccc1)c1nc(I)no1. The van der Waals surface area contributed by atoms with Gasteiger partial charge in [0.1, 0.15) is 0 Å². The molecule has 0 aliphatic heterocycles. The summed E-state index contributed by atoms with van der Waals surface area (Å²) in [4.78, 5) is 4.14. The summed E-state index contributed by atoms with van der Waals surface area (Å²) in [7, 11) is 1.62. The van der Waals surface area contributed by atoms with Crippen molar-refractivity contribution < 1.29 is 9.26 Å². The van der Waals surface area contributed by atoms with E-state index in [9.17, 15) is 0 Å². The Labute approximate surface area is 101 Å². The Hall–Kier alpha value is -0.950. The molecule has 4 nitrogen and oxygen atoms in total. The number of nitrogens with zero attached hydrogens (tertiary/aromatic N) is 2. The van der Waals surface area contributed by atoms with Crippen molar-refractivity contribution >= 4 is 22.6 Å². The van der Waals surface area contributed by atoms with Crippen molar-refractivity contribution in [1.82, 2.24) is 10.1 Å². The van der Waals surface area contributed by atoms with Gasteiger partial charge in [-0.1, -0.05) is 35.5 Å². The molecule has 0 bridgehead atoms. The number of hydrogen-bond acceptors (Lipinski definition) is 4. The maximum absolute atomic E-state index is 5.34. The Morgan fingerprint density at radius 1 is 1.33 bits per heavy atom. The number of hydrogen-bond donors (Lipinski definition) is 0. The van der Waals surface area contributed by atoms with Crippen LogP contribution in [0.15, 0.2) is 34.9 Å². The van der Waals surface area contributed by atoms with Gasteiger partial charge in [0, 0.05) is 29.7 Å². The van der Waals surface area contributed by atoms with Gasteiger partial charge < -0.3 is 9.26 Å². The van der Waals surface area contributed by atoms with Gasteiger partial charge in [0.2, 0.25) is 3.83 Å².